The lowest BCUT2D eigenvalue weighted by Crippen LogP contribution is -2.52. The molecule has 0 amide bonds. The third-order valence-corrected chi connectivity index (χ3v) is 5.65. The van der Waals surface area contributed by atoms with Gasteiger partial charge in [0.25, 0.3) is 0 Å². The highest BCUT2D eigenvalue weighted by atomic mass is 32.2. The molecule has 0 heterocycles. The largest absolute Gasteiger partial charge is 0.324 e. The molecule has 1 aromatic carbocycles. The Hall–Kier alpha value is -0.910. The van der Waals surface area contributed by atoms with Crippen molar-refractivity contribution in [3.8, 4) is 0 Å². The minimum absolute atomic E-state index is 0.0849. The summed E-state index contributed by atoms with van der Waals surface area (Å²) in [5.74, 6) is 0. The van der Waals surface area contributed by atoms with Gasteiger partial charge in [0.2, 0.25) is 10.0 Å². The molecule has 0 spiro atoms. The Morgan fingerprint density at radius 1 is 1.32 bits per heavy atom. The van der Waals surface area contributed by atoms with Crippen molar-refractivity contribution in [3.63, 3.8) is 0 Å². The maximum absolute atomic E-state index is 12.3. The van der Waals surface area contributed by atoms with Gasteiger partial charge in [0.15, 0.2) is 0 Å². The van der Waals surface area contributed by atoms with Crippen molar-refractivity contribution in [2.45, 2.75) is 56.0 Å². The Balaban J connectivity index is 2.19. The number of hydrogen-bond acceptors (Lipinski definition) is 3. The standard InChI is InChI=1S/C14H22N2O2S/c1-3-14(9-4-10-14)16-19(17,18)13-7-5-12(6-8-13)11(2)15/h5-8,11,16H,3-4,9-10,15H2,1-2H3. The van der Waals surface area contributed by atoms with Crippen LogP contribution in [0.3, 0.4) is 0 Å². The highest BCUT2D eigenvalue weighted by molar-refractivity contribution is 7.89. The second kappa shape index (κ2) is 5.23. The second-order valence-electron chi connectivity index (χ2n) is 5.45. The van der Waals surface area contributed by atoms with Crippen LogP contribution in [0.15, 0.2) is 29.2 Å². The number of rotatable bonds is 5. The van der Waals surface area contributed by atoms with Crippen LogP contribution in [0.5, 0.6) is 0 Å². The van der Waals surface area contributed by atoms with Crippen LogP contribution in [0.1, 0.15) is 51.1 Å². The van der Waals surface area contributed by atoms with Crippen LogP contribution in [0.25, 0.3) is 0 Å². The van der Waals surface area contributed by atoms with E-state index < -0.39 is 10.0 Å². The van der Waals surface area contributed by atoms with Crippen molar-refractivity contribution >= 4 is 10.0 Å². The van der Waals surface area contributed by atoms with E-state index >= 15 is 0 Å². The number of nitrogens with one attached hydrogen (secondary N) is 1. The summed E-state index contributed by atoms with van der Waals surface area (Å²) in [6.45, 7) is 3.91. The van der Waals surface area contributed by atoms with E-state index in [1.165, 1.54) is 0 Å². The Bertz CT molecular complexity index is 526. The molecule has 2 rings (SSSR count). The third-order valence-electron chi connectivity index (χ3n) is 4.05. The molecule has 19 heavy (non-hydrogen) atoms. The summed E-state index contributed by atoms with van der Waals surface area (Å²) < 4.78 is 27.5. The van der Waals surface area contributed by atoms with Crippen LogP contribution in [0.4, 0.5) is 0 Å². The van der Waals surface area contributed by atoms with Crippen LogP contribution >= 0.6 is 0 Å². The topological polar surface area (TPSA) is 72.2 Å². The summed E-state index contributed by atoms with van der Waals surface area (Å²) >= 11 is 0. The predicted octanol–water partition coefficient (Wildman–Crippen LogP) is 2.32. The zero-order valence-corrected chi connectivity index (χ0v) is 12.3. The molecule has 0 radical (unpaired) electrons. The zero-order valence-electron chi connectivity index (χ0n) is 11.5. The van der Waals surface area contributed by atoms with Gasteiger partial charge < -0.3 is 5.73 Å². The van der Waals surface area contributed by atoms with E-state index in [-0.39, 0.29) is 11.6 Å². The first kappa shape index (κ1) is 14.5. The van der Waals surface area contributed by atoms with Crippen molar-refractivity contribution in [1.29, 1.82) is 0 Å². The van der Waals surface area contributed by atoms with E-state index in [0.717, 1.165) is 31.2 Å². The van der Waals surface area contributed by atoms with Gasteiger partial charge in [-0.25, -0.2) is 13.1 Å². The van der Waals surface area contributed by atoms with E-state index in [4.69, 9.17) is 5.73 Å². The third kappa shape index (κ3) is 2.99. The molecule has 0 aromatic heterocycles. The summed E-state index contributed by atoms with van der Waals surface area (Å²) in [7, 11) is -3.42. The summed E-state index contributed by atoms with van der Waals surface area (Å²) in [4.78, 5) is 0.316. The van der Waals surface area contributed by atoms with Gasteiger partial charge in [-0.15, -0.1) is 0 Å². The molecule has 1 aromatic rings. The molecule has 1 unspecified atom stereocenters. The summed E-state index contributed by atoms with van der Waals surface area (Å²) in [5.41, 5.74) is 6.48. The number of benzene rings is 1. The van der Waals surface area contributed by atoms with Gasteiger partial charge in [-0.2, -0.15) is 0 Å². The van der Waals surface area contributed by atoms with Crippen LogP contribution < -0.4 is 10.5 Å². The SMILES string of the molecule is CCC1(NS(=O)(=O)c2ccc(C(C)N)cc2)CCC1. The fourth-order valence-corrected chi connectivity index (χ4v) is 3.96. The lowest BCUT2D eigenvalue weighted by molar-refractivity contribution is 0.214. The van der Waals surface area contributed by atoms with Gasteiger partial charge in [-0.3, -0.25) is 0 Å². The molecule has 4 nitrogen and oxygen atoms in total. The van der Waals surface area contributed by atoms with E-state index in [1.54, 1.807) is 24.3 Å². The van der Waals surface area contributed by atoms with Crippen molar-refractivity contribution in [3.05, 3.63) is 29.8 Å². The molecule has 106 valence electrons. The quantitative estimate of drug-likeness (QED) is 0.870. The number of nitrogens with two attached hydrogens (primary N) is 1. The lowest BCUT2D eigenvalue weighted by atomic mass is 9.76. The normalized spacial score (nSPS) is 19.7. The lowest BCUT2D eigenvalue weighted by Gasteiger charge is -2.41. The highest BCUT2D eigenvalue weighted by Crippen LogP contribution is 2.36. The van der Waals surface area contributed by atoms with Crippen LogP contribution in [-0.4, -0.2) is 14.0 Å². The Morgan fingerprint density at radius 3 is 2.26 bits per heavy atom. The highest BCUT2D eigenvalue weighted by Gasteiger charge is 2.38. The zero-order chi connectivity index (χ0) is 14.1. The molecule has 1 atom stereocenters. The average molecular weight is 282 g/mol. The summed E-state index contributed by atoms with van der Waals surface area (Å²) in [5, 5.41) is 0. The Labute approximate surface area is 115 Å². The Morgan fingerprint density at radius 2 is 1.89 bits per heavy atom. The van der Waals surface area contributed by atoms with E-state index in [9.17, 15) is 8.42 Å². The molecule has 1 aliphatic rings. The minimum atomic E-state index is -3.42. The van der Waals surface area contributed by atoms with Gasteiger partial charge in [0.05, 0.1) is 4.90 Å². The maximum Gasteiger partial charge on any atom is 0.241 e. The van der Waals surface area contributed by atoms with Gasteiger partial charge >= 0.3 is 0 Å². The fraction of sp³-hybridized carbons (Fsp3) is 0.571. The van der Waals surface area contributed by atoms with Gasteiger partial charge in [0.1, 0.15) is 0 Å². The first-order chi connectivity index (χ1) is 8.88. The molecule has 1 fully saturated rings. The summed E-state index contributed by atoms with van der Waals surface area (Å²) in [6.07, 6.45) is 3.80. The summed E-state index contributed by atoms with van der Waals surface area (Å²) in [6, 6.07) is 6.72. The van der Waals surface area contributed by atoms with Crippen LogP contribution in [-0.2, 0) is 10.0 Å². The predicted molar refractivity (Wildman–Crippen MR) is 76.2 cm³/mol. The van der Waals surface area contributed by atoms with Gasteiger partial charge in [0, 0.05) is 11.6 Å². The van der Waals surface area contributed by atoms with Crippen molar-refractivity contribution in [1.82, 2.24) is 4.72 Å². The molecule has 1 aliphatic carbocycles. The number of hydrogen-bond donors (Lipinski definition) is 2. The maximum atomic E-state index is 12.3. The molecule has 5 heteroatoms. The van der Waals surface area contributed by atoms with Gasteiger partial charge in [-0.05, 0) is 50.3 Å². The molecular formula is C14H22N2O2S. The van der Waals surface area contributed by atoms with E-state index in [2.05, 4.69) is 4.72 Å². The van der Waals surface area contributed by atoms with Crippen LogP contribution in [0.2, 0.25) is 0 Å². The molecule has 1 saturated carbocycles. The van der Waals surface area contributed by atoms with Gasteiger partial charge in [-0.1, -0.05) is 19.1 Å². The molecule has 0 saturated heterocycles. The van der Waals surface area contributed by atoms with Crippen molar-refractivity contribution < 1.29 is 8.42 Å². The fourth-order valence-electron chi connectivity index (χ4n) is 2.43. The Kier molecular flexibility index (Phi) is 3.99. The van der Waals surface area contributed by atoms with Crippen molar-refractivity contribution in [2.75, 3.05) is 0 Å². The average Bonchev–Trinajstić information content (AvgIpc) is 2.34. The smallest absolute Gasteiger partial charge is 0.241 e. The molecule has 3 N–H and O–H groups in total. The van der Waals surface area contributed by atoms with Crippen molar-refractivity contribution in [2.24, 2.45) is 5.73 Å². The molecular weight excluding hydrogens is 260 g/mol. The van der Waals surface area contributed by atoms with Crippen LogP contribution in [0, 0.1) is 0 Å². The van der Waals surface area contributed by atoms with E-state index in [1.807, 2.05) is 13.8 Å². The first-order valence-electron chi connectivity index (χ1n) is 6.78. The monoisotopic (exact) mass is 282 g/mol. The first-order valence-corrected chi connectivity index (χ1v) is 8.26. The molecule has 0 aliphatic heterocycles. The molecule has 0 bridgehead atoms. The second-order valence-corrected chi connectivity index (χ2v) is 7.13. The number of sulfonamides is 1. The van der Waals surface area contributed by atoms with E-state index in [0.29, 0.717) is 4.90 Å². The minimum Gasteiger partial charge on any atom is -0.324 e.